The Morgan fingerprint density at radius 2 is 1.44 bits per heavy atom. The molecule has 0 amide bonds. The van der Waals surface area contributed by atoms with Crippen LogP contribution in [-0.4, -0.2) is 53.3 Å². The number of aromatic nitrogens is 2. The Kier molecular flexibility index (Phi) is 12.7. The maximum absolute atomic E-state index is 12.9. The number of rotatable bonds is 16. The molecule has 1 heterocycles. The molecule has 1 aromatic heterocycles. The molecule has 0 saturated carbocycles. The second kappa shape index (κ2) is 14.9. The third kappa shape index (κ3) is 7.83. The van der Waals surface area contributed by atoms with Crippen molar-refractivity contribution >= 4 is 38.8 Å². The van der Waals surface area contributed by atoms with Gasteiger partial charge >= 0.3 is 214 Å². The van der Waals surface area contributed by atoms with Gasteiger partial charge in [-0.2, -0.15) is 0 Å². The van der Waals surface area contributed by atoms with Gasteiger partial charge in [0, 0.05) is 0 Å². The van der Waals surface area contributed by atoms with Crippen LogP contribution in [0.15, 0.2) is 30.3 Å². The maximum atomic E-state index is 12.9. The molecule has 0 aliphatic carbocycles. The van der Waals surface area contributed by atoms with Crippen LogP contribution < -0.4 is 17.5 Å². The quantitative estimate of drug-likeness (QED) is 0.228. The van der Waals surface area contributed by atoms with Gasteiger partial charge in [0.05, 0.1) is 0 Å². The van der Waals surface area contributed by atoms with Crippen LogP contribution in [0.25, 0.3) is 0 Å². The van der Waals surface area contributed by atoms with E-state index in [-0.39, 0.29) is 0 Å². The molecule has 2 rings (SSSR count). The van der Waals surface area contributed by atoms with Gasteiger partial charge in [-0.25, -0.2) is 0 Å². The average molecular weight is 596 g/mol. The van der Waals surface area contributed by atoms with Crippen molar-refractivity contribution in [1.82, 2.24) is 10.2 Å². The van der Waals surface area contributed by atoms with Gasteiger partial charge in [-0.1, -0.05) is 0 Å². The monoisotopic (exact) mass is 597 g/mol. The molecule has 1 aromatic carbocycles. The van der Waals surface area contributed by atoms with Crippen molar-refractivity contribution in [3.8, 4) is 11.6 Å². The molecule has 8 heteroatoms. The SMILES string of the molecule is CCC[CH2][Sn]([CH2]CCC)([CH2]CCC)[c]1cc(N(Cc2ccc(OC)cc2)S(C)=O)c(OC)nn1. The average Bonchev–Trinajstić information content (AvgIpc) is 2.87. The first-order valence-electron chi connectivity index (χ1n) is 12.6. The molecule has 0 radical (unpaired) electrons. The molecule has 0 fully saturated rings. The van der Waals surface area contributed by atoms with Gasteiger partial charge in [-0.05, 0) is 0 Å². The summed E-state index contributed by atoms with van der Waals surface area (Å²) in [5, 5.41) is 9.33. The first-order valence-corrected chi connectivity index (χ1v) is 21.6. The second-order valence-electron chi connectivity index (χ2n) is 9.02. The topological polar surface area (TPSA) is 64.5 Å². The van der Waals surface area contributed by atoms with Gasteiger partial charge in [-0.15, -0.1) is 0 Å². The molecule has 1 atom stereocenters. The Hall–Kier alpha value is -1.35. The van der Waals surface area contributed by atoms with Crippen LogP contribution in [0, 0.1) is 0 Å². The Morgan fingerprint density at radius 1 is 0.882 bits per heavy atom. The van der Waals surface area contributed by atoms with Crippen molar-refractivity contribution in [2.45, 2.75) is 79.2 Å². The van der Waals surface area contributed by atoms with Gasteiger partial charge in [0.25, 0.3) is 0 Å². The molecule has 190 valence electrons. The molecule has 0 aliphatic rings. The molecular formula is C26H43N3O3SSn. The summed E-state index contributed by atoms with van der Waals surface area (Å²) >= 11 is -2.80. The molecule has 0 saturated heterocycles. The van der Waals surface area contributed by atoms with Crippen LogP contribution in [0.3, 0.4) is 0 Å². The summed E-state index contributed by atoms with van der Waals surface area (Å²) in [4.78, 5) is 0. The zero-order valence-electron chi connectivity index (χ0n) is 21.9. The van der Waals surface area contributed by atoms with Crippen LogP contribution in [0.1, 0.15) is 64.9 Å². The van der Waals surface area contributed by atoms with Crippen LogP contribution in [0.5, 0.6) is 11.6 Å². The number of methoxy groups -OCH3 is 2. The van der Waals surface area contributed by atoms with Crippen molar-refractivity contribution in [2.24, 2.45) is 0 Å². The summed E-state index contributed by atoms with van der Waals surface area (Å²) in [7, 11) is 2.02. The first-order chi connectivity index (χ1) is 16.4. The van der Waals surface area contributed by atoms with Crippen molar-refractivity contribution in [2.75, 3.05) is 24.8 Å². The van der Waals surface area contributed by atoms with Gasteiger partial charge in [0.2, 0.25) is 0 Å². The number of hydrogen-bond donors (Lipinski definition) is 0. The molecule has 0 spiro atoms. The van der Waals surface area contributed by atoms with E-state index < -0.39 is 29.4 Å². The molecule has 34 heavy (non-hydrogen) atoms. The molecule has 0 bridgehead atoms. The van der Waals surface area contributed by atoms with Crippen molar-refractivity contribution in [1.29, 1.82) is 0 Å². The molecule has 2 aromatic rings. The van der Waals surface area contributed by atoms with Gasteiger partial charge in [-0.3, -0.25) is 0 Å². The number of anilines is 1. The van der Waals surface area contributed by atoms with Crippen molar-refractivity contribution < 1.29 is 13.7 Å². The fraction of sp³-hybridized carbons (Fsp3) is 0.615. The first kappa shape index (κ1) is 28.9. The number of nitrogens with zero attached hydrogens (tertiary/aromatic N) is 3. The van der Waals surface area contributed by atoms with Crippen LogP contribution >= 0.6 is 0 Å². The fourth-order valence-corrected chi connectivity index (χ4v) is 20.4. The number of benzene rings is 1. The Bertz CT molecular complexity index is 874. The van der Waals surface area contributed by atoms with Crippen molar-refractivity contribution in [3.05, 3.63) is 35.9 Å². The summed E-state index contributed by atoms with van der Waals surface area (Å²) in [5.74, 6) is 1.24. The van der Waals surface area contributed by atoms with E-state index in [9.17, 15) is 4.21 Å². The molecule has 6 nitrogen and oxygen atoms in total. The fourth-order valence-electron chi connectivity index (χ4n) is 4.47. The van der Waals surface area contributed by atoms with E-state index in [0.29, 0.717) is 12.4 Å². The normalized spacial score (nSPS) is 12.4. The minimum absolute atomic E-state index is 0.439. The second-order valence-corrected chi connectivity index (χ2v) is 23.4. The summed E-state index contributed by atoms with van der Waals surface area (Å²) in [6.07, 6.45) is 9.08. The Balaban J connectivity index is 2.54. The Labute approximate surface area is 213 Å². The number of hydrogen-bond acceptors (Lipinski definition) is 5. The summed E-state index contributed by atoms with van der Waals surface area (Å²) in [6, 6.07) is 10.1. The predicted molar refractivity (Wildman–Crippen MR) is 146 cm³/mol. The van der Waals surface area contributed by atoms with E-state index >= 15 is 0 Å². The molecule has 1 unspecified atom stereocenters. The minimum atomic E-state index is -2.80. The van der Waals surface area contributed by atoms with E-state index in [0.717, 1.165) is 17.0 Å². The molecule has 0 aliphatic heterocycles. The van der Waals surface area contributed by atoms with Gasteiger partial charge in [0.15, 0.2) is 0 Å². The van der Waals surface area contributed by atoms with E-state index in [2.05, 4.69) is 31.9 Å². The van der Waals surface area contributed by atoms with Crippen molar-refractivity contribution in [3.63, 3.8) is 0 Å². The zero-order chi connectivity index (χ0) is 25.0. The van der Waals surface area contributed by atoms with Gasteiger partial charge in [0.1, 0.15) is 0 Å². The van der Waals surface area contributed by atoms with E-state index in [1.54, 1.807) is 20.5 Å². The van der Waals surface area contributed by atoms with E-state index in [4.69, 9.17) is 14.6 Å². The number of unbranched alkanes of at least 4 members (excludes halogenated alkanes) is 3. The Morgan fingerprint density at radius 3 is 1.88 bits per heavy atom. The van der Waals surface area contributed by atoms with Crippen LogP contribution in [-0.2, 0) is 17.5 Å². The summed E-state index contributed by atoms with van der Waals surface area (Å²) in [5.41, 5.74) is 1.84. The third-order valence-electron chi connectivity index (χ3n) is 6.57. The summed E-state index contributed by atoms with van der Waals surface area (Å²) in [6.45, 7) is 7.32. The third-order valence-corrected chi connectivity index (χ3v) is 22.5. The zero-order valence-corrected chi connectivity index (χ0v) is 25.6. The van der Waals surface area contributed by atoms with Crippen LogP contribution in [0.4, 0.5) is 5.69 Å². The number of ether oxygens (including phenoxy) is 2. The van der Waals surface area contributed by atoms with E-state index in [1.165, 1.54) is 55.5 Å². The van der Waals surface area contributed by atoms with Crippen LogP contribution in [0.2, 0.25) is 13.3 Å². The van der Waals surface area contributed by atoms with E-state index in [1.807, 2.05) is 28.6 Å². The summed E-state index contributed by atoms with van der Waals surface area (Å²) < 4.78 is 30.9. The predicted octanol–water partition coefficient (Wildman–Crippen LogP) is 5.85. The molecular weight excluding hydrogens is 553 g/mol. The molecule has 0 N–H and O–H groups in total. The standard InChI is InChI=1S/C14H16N3O3S.3C4H9.Sn/c1-19-12-6-4-11(5-7-12)10-17(21(3)18)13-8-9-15-16-14(13)20-2;3*1-3-4-2;/h4-8H,10H2,1-3H3;3*1,3-4H2,2H3;. The van der Waals surface area contributed by atoms with Gasteiger partial charge < -0.3 is 0 Å².